The number of aliphatic hydroxyl groups excluding tert-OH is 1. The fraction of sp³-hybridized carbons (Fsp3) is 0.717. The van der Waals surface area contributed by atoms with Crippen LogP contribution in [0, 0.1) is 5.41 Å². The molecule has 2 unspecified atom stereocenters. The molecule has 5 aliphatic rings. The molecule has 0 spiro atoms. The maximum Gasteiger partial charge on any atom is 0.422 e. The Hall–Kier alpha value is -4.10. The lowest BCUT2D eigenvalue weighted by atomic mass is 9.62. The van der Waals surface area contributed by atoms with Crippen molar-refractivity contribution < 1.29 is 70.8 Å². The Bertz CT molecular complexity index is 1860. The van der Waals surface area contributed by atoms with E-state index in [2.05, 4.69) is 23.9 Å². The van der Waals surface area contributed by atoms with Gasteiger partial charge in [0.1, 0.15) is 41.5 Å². The van der Waals surface area contributed by atoms with Crippen molar-refractivity contribution in [1.29, 1.82) is 0 Å². The highest BCUT2D eigenvalue weighted by Gasteiger charge is 2.77. The number of alkyl halides is 3. The summed E-state index contributed by atoms with van der Waals surface area (Å²) < 4.78 is 68.0. The van der Waals surface area contributed by atoms with Crippen LogP contribution in [0.1, 0.15) is 129 Å². The fourth-order valence-electron chi connectivity index (χ4n) is 9.79. The number of hydrogen-bond acceptors (Lipinski definition) is 13. The number of carbonyl (C=O) groups excluding carboxylic acids is 5. The molecule has 0 radical (unpaired) electrons. The van der Waals surface area contributed by atoms with Crippen LogP contribution in [0.15, 0.2) is 30.3 Å². The molecule has 4 heterocycles. The van der Waals surface area contributed by atoms with Crippen LogP contribution in [0.3, 0.4) is 0 Å². The van der Waals surface area contributed by atoms with Crippen molar-refractivity contribution in [3.63, 3.8) is 0 Å². The van der Waals surface area contributed by atoms with Crippen molar-refractivity contribution in [3.05, 3.63) is 41.5 Å². The number of fused-ring (bicyclic) bond motifs is 4. The maximum absolute atomic E-state index is 15.6. The van der Waals surface area contributed by atoms with E-state index in [4.69, 9.17) is 23.8 Å². The normalized spacial score (nSPS) is 27.9. The molecule has 5 fully saturated rings. The molecule has 2 bridgehead atoms. The first-order valence-corrected chi connectivity index (χ1v) is 22.8. The number of hydroxylamine groups is 2. The molecule has 64 heavy (non-hydrogen) atoms. The molecule has 1 aromatic rings. The maximum atomic E-state index is 15.6. The number of likely N-dealkylation sites (tertiary alicyclic amines) is 1. The van der Waals surface area contributed by atoms with Gasteiger partial charge in [-0.2, -0.15) is 18.2 Å². The van der Waals surface area contributed by atoms with Gasteiger partial charge in [-0.05, 0) is 70.1 Å². The Morgan fingerprint density at radius 3 is 2.36 bits per heavy atom. The predicted molar refractivity (Wildman–Crippen MR) is 223 cm³/mol. The third kappa shape index (κ3) is 11.3. The van der Waals surface area contributed by atoms with Crippen LogP contribution in [0.25, 0.3) is 6.08 Å². The molecule has 18 heteroatoms. The van der Waals surface area contributed by atoms with Crippen molar-refractivity contribution in [3.8, 4) is 0 Å². The summed E-state index contributed by atoms with van der Waals surface area (Å²) in [6.07, 6.45) is 1.40. The lowest BCUT2D eigenvalue weighted by Gasteiger charge is -2.50. The van der Waals surface area contributed by atoms with Crippen LogP contribution in [0.4, 0.5) is 13.2 Å². The van der Waals surface area contributed by atoms with Crippen molar-refractivity contribution in [2.45, 2.75) is 185 Å². The van der Waals surface area contributed by atoms with Crippen LogP contribution in [-0.2, 0) is 59.0 Å². The van der Waals surface area contributed by atoms with Crippen LogP contribution in [0.5, 0.6) is 0 Å². The molecule has 8 atom stereocenters. The quantitative estimate of drug-likeness (QED) is 0.0691. The summed E-state index contributed by atoms with van der Waals surface area (Å²) in [4.78, 5) is 77.1. The molecule has 15 nitrogen and oxygen atoms in total. The summed E-state index contributed by atoms with van der Waals surface area (Å²) >= 11 is 0. The van der Waals surface area contributed by atoms with E-state index in [0.717, 1.165) is 44.6 Å². The molecule has 6 rings (SSSR count). The monoisotopic (exact) mass is 907 g/mol. The first-order valence-electron chi connectivity index (χ1n) is 22.8. The average Bonchev–Trinajstić information content (AvgIpc) is 3.96. The third-order valence-corrected chi connectivity index (χ3v) is 12.6. The Balaban J connectivity index is 1.32. The highest BCUT2D eigenvalue weighted by molar-refractivity contribution is 5.96. The molecule has 2 amide bonds. The average molecular weight is 908 g/mol. The zero-order valence-electron chi connectivity index (χ0n) is 37.5. The first-order chi connectivity index (χ1) is 30.3. The number of esters is 3. The summed E-state index contributed by atoms with van der Waals surface area (Å²) in [6, 6.07) is 3.62. The summed E-state index contributed by atoms with van der Waals surface area (Å²) in [6.45, 7) is 7.31. The summed E-state index contributed by atoms with van der Waals surface area (Å²) in [5.41, 5.74) is -1.40. The van der Waals surface area contributed by atoms with E-state index in [1.165, 1.54) is 16.0 Å². The number of carbonyl (C=O) groups is 5. The largest absolute Gasteiger partial charge is 0.460 e. The van der Waals surface area contributed by atoms with Gasteiger partial charge >= 0.3 is 24.1 Å². The molecule has 1 aliphatic carbocycles. The number of unbranched alkanes of at least 4 members (excludes halogenated alkanes) is 4. The van der Waals surface area contributed by atoms with Gasteiger partial charge < -0.3 is 39.0 Å². The first kappa shape index (κ1) is 49.3. The van der Waals surface area contributed by atoms with Crippen molar-refractivity contribution in [2.75, 3.05) is 19.8 Å². The highest BCUT2D eigenvalue weighted by Crippen LogP contribution is 2.59. The molecule has 356 valence electrons. The van der Waals surface area contributed by atoms with Gasteiger partial charge in [0.05, 0.1) is 19.2 Å². The number of nitrogens with one attached hydrogen (secondary N) is 1. The number of ether oxygens (including phenoxy) is 5. The number of hydrogen-bond donors (Lipinski definition) is 2. The molecular weight excluding hydrogens is 844 g/mol. The smallest absolute Gasteiger partial charge is 0.422 e. The van der Waals surface area contributed by atoms with Crippen LogP contribution < -0.4 is 5.32 Å². The standard InChI is InChI=1S/C46H64F3N3O12/c1-6-8-12-22-44(23-13-9-7-2)62-36-33-25-45(42(58)51-24-14-17-32(51)40(56)50-31(27-53)19-21-35(55)61-43(3,4)5)38(41(57)60-33)52(64-39(45)37(36)63-44)26-30-16-11-10-15-29(30)18-20-34(54)59-28-46(47,48)49/h10-11,15-16,18,20,31-33,36-39,53H,6-9,12-14,17,19,21-28H2,1-5H3,(H,50,56)/t31-,32+,33?,36-,37-,38-,39+,45?/m0/s1. The number of rotatable bonds is 20. The van der Waals surface area contributed by atoms with E-state index in [1.807, 2.05) is 0 Å². The van der Waals surface area contributed by atoms with Gasteiger partial charge in [0.25, 0.3) is 0 Å². The minimum Gasteiger partial charge on any atom is -0.460 e. The second kappa shape index (κ2) is 20.6. The van der Waals surface area contributed by atoms with Crippen LogP contribution in [-0.4, -0.2) is 125 Å². The summed E-state index contributed by atoms with van der Waals surface area (Å²) in [5.74, 6) is -4.44. The Kier molecular flexibility index (Phi) is 15.9. The third-order valence-electron chi connectivity index (χ3n) is 12.6. The van der Waals surface area contributed by atoms with E-state index in [0.29, 0.717) is 36.8 Å². The molecule has 1 aromatic carbocycles. The molecule has 4 aliphatic heterocycles. The molecule has 1 saturated carbocycles. The Morgan fingerprint density at radius 1 is 1.02 bits per heavy atom. The Morgan fingerprint density at radius 2 is 1.70 bits per heavy atom. The lowest BCUT2D eigenvalue weighted by Crippen LogP contribution is -2.70. The van der Waals surface area contributed by atoms with Gasteiger partial charge in [-0.3, -0.25) is 24.0 Å². The van der Waals surface area contributed by atoms with E-state index in [-0.39, 0.29) is 32.4 Å². The highest BCUT2D eigenvalue weighted by atomic mass is 19.4. The van der Waals surface area contributed by atoms with Gasteiger partial charge in [-0.15, -0.1) is 0 Å². The van der Waals surface area contributed by atoms with Gasteiger partial charge in [-0.1, -0.05) is 63.8 Å². The lowest BCUT2D eigenvalue weighted by molar-refractivity contribution is -0.225. The second-order valence-electron chi connectivity index (χ2n) is 18.6. The molecule has 2 N–H and O–H groups in total. The number of nitrogens with zero attached hydrogens (tertiary/aromatic N) is 2. The van der Waals surface area contributed by atoms with Gasteiger partial charge in [0.2, 0.25) is 11.8 Å². The van der Waals surface area contributed by atoms with Crippen LogP contribution >= 0.6 is 0 Å². The van der Waals surface area contributed by atoms with Crippen molar-refractivity contribution >= 4 is 35.8 Å². The minimum atomic E-state index is -4.70. The molecular formula is C46H64F3N3O12. The van der Waals surface area contributed by atoms with E-state index in [1.54, 1.807) is 45.0 Å². The zero-order chi connectivity index (χ0) is 46.5. The van der Waals surface area contributed by atoms with Gasteiger partial charge in [0, 0.05) is 38.3 Å². The van der Waals surface area contributed by atoms with Crippen molar-refractivity contribution in [1.82, 2.24) is 15.3 Å². The number of aliphatic hydroxyl groups is 1. The van der Waals surface area contributed by atoms with E-state index < -0.39 is 108 Å². The van der Waals surface area contributed by atoms with Crippen molar-refractivity contribution in [2.24, 2.45) is 5.41 Å². The second-order valence-corrected chi connectivity index (χ2v) is 18.6. The van der Waals surface area contributed by atoms with E-state index in [9.17, 15) is 37.5 Å². The SMILES string of the molecule is CCCCCC1(CCCCC)O[C@@H]2[C@H]3ON(Cc4ccccc4C=CC(=O)OCC(F)(F)F)[C@H]4C(=O)OC(CC34C(=O)N3CCC[C@@H]3C(=O)N[C@H](CO)CCC(=O)OC(C)(C)C)[C@@H]2O1. The van der Waals surface area contributed by atoms with E-state index >= 15 is 4.79 Å². The van der Waals surface area contributed by atoms with Gasteiger partial charge in [0.15, 0.2) is 18.4 Å². The summed E-state index contributed by atoms with van der Waals surface area (Å²) in [7, 11) is 0. The topological polar surface area (TPSA) is 179 Å². The number of halogens is 3. The van der Waals surface area contributed by atoms with Gasteiger partial charge in [-0.25, -0.2) is 4.79 Å². The Labute approximate surface area is 372 Å². The number of amides is 2. The fourth-order valence-corrected chi connectivity index (χ4v) is 9.79. The minimum absolute atomic E-state index is 0.0144. The molecule has 4 saturated heterocycles. The van der Waals surface area contributed by atoms with Crippen LogP contribution in [0.2, 0.25) is 0 Å². The number of benzene rings is 1. The summed E-state index contributed by atoms with van der Waals surface area (Å²) in [5, 5.41) is 14.4. The predicted octanol–water partition coefficient (Wildman–Crippen LogP) is 5.84. The zero-order valence-corrected chi connectivity index (χ0v) is 37.5. The molecule has 0 aromatic heterocycles.